The number of oxazole rings is 1. The Morgan fingerprint density at radius 1 is 1.04 bits per heavy atom. The first-order valence-electron chi connectivity index (χ1n) is 7.42. The Kier molecular flexibility index (Phi) is 4.19. The molecule has 6 nitrogen and oxygen atoms in total. The van der Waals surface area contributed by atoms with Crippen LogP contribution in [0.5, 0.6) is 11.5 Å². The van der Waals surface area contributed by atoms with E-state index >= 15 is 0 Å². The van der Waals surface area contributed by atoms with Crippen LogP contribution in [0.2, 0.25) is 0 Å². The summed E-state index contributed by atoms with van der Waals surface area (Å²) >= 11 is 0. The zero-order chi connectivity index (χ0) is 17.3. The van der Waals surface area contributed by atoms with Crippen molar-refractivity contribution in [2.24, 2.45) is 0 Å². The number of aromatic nitrogens is 1. The fourth-order valence-corrected chi connectivity index (χ4v) is 3.13. The van der Waals surface area contributed by atoms with Crippen LogP contribution in [0.15, 0.2) is 51.8 Å². The Morgan fingerprint density at radius 2 is 1.71 bits per heavy atom. The molecule has 126 valence electrons. The van der Waals surface area contributed by atoms with Gasteiger partial charge in [-0.2, -0.15) is 8.42 Å². The van der Waals surface area contributed by atoms with Crippen LogP contribution in [0, 0.1) is 6.92 Å². The van der Waals surface area contributed by atoms with Gasteiger partial charge in [-0.3, -0.25) is 0 Å². The molecule has 0 aliphatic heterocycles. The highest BCUT2D eigenvalue weighted by Gasteiger charge is 2.17. The normalized spacial score (nSPS) is 11.8. The molecule has 0 aliphatic carbocycles. The molecular formula is C17H17NO5S. The molecule has 0 bridgehead atoms. The van der Waals surface area contributed by atoms with E-state index in [4.69, 9.17) is 13.3 Å². The molecule has 1 heterocycles. The van der Waals surface area contributed by atoms with E-state index < -0.39 is 10.1 Å². The molecule has 0 saturated heterocycles. The molecule has 0 spiro atoms. The van der Waals surface area contributed by atoms with Crippen LogP contribution < -0.4 is 8.92 Å². The predicted molar refractivity (Wildman–Crippen MR) is 88.8 cm³/mol. The van der Waals surface area contributed by atoms with Crippen molar-refractivity contribution in [2.75, 3.05) is 0 Å². The summed E-state index contributed by atoms with van der Waals surface area (Å²) in [7, 11) is -3.94. The minimum atomic E-state index is -3.94. The summed E-state index contributed by atoms with van der Waals surface area (Å²) < 4.78 is 40.8. The summed E-state index contributed by atoms with van der Waals surface area (Å²) in [5.41, 5.74) is 1.12. The van der Waals surface area contributed by atoms with Gasteiger partial charge in [-0.15, -0.1) is 0 Å². The number of nitrogens with zero attached hydrogens (tertiary/aromatic N) is 1. The number of fused-ring (bicyclic) bond motifs is 1. The van der Waals surface area contributed by atoms with Gasteiger partial charge in [0.2, 0.25) is 0 Å². The van der Waals surface area contributed by atoms with Crippen molar-refractivity contribution in [3.63, 3.8) is 0 Å². The fraction of sp³-hybridized carbons (Fsp3) is 0.235. The third-order valence-electron chi connectivity index (χ3n) is 3.16. The van der Waals surface area contributed by atoms with E-state index in [2.05, 4.69) is 4.98 Å². The lowest BCUT2D eigenvalue weighted by atomic mass is 10.3. The zero-order valence-corrected chi connectivity index (χ0v) is 14.3. The topological polar surface area (TPSA) is 78.6 Å². The van der Waals surface area contributed by atoms with Gasteiger partial charge in [0.1, 0.15) is 21.9 Å². The average molecular weight is 347 g/mol. The second kappa shape index (κ2) is 6.16. The molecule has 3 aromatic rings. The van der Waals surface area contributed by atoms with E-state index in [0.717, 1.165) is 0 Å². The molecule has 0 atom stereocenters. The molecule has 2 aromatic carbocycles. The maximum Gasteiger partial charge on any atom is 0.339 e. The summed E-state index contributed by atoms with van der Waals surface area (Å²) in [5, 5.41) is 0. The fourth-order valence-electron chi connectivity index (χ4n) is 2.20. The van der Waals surface area contributed by atoms with Crippen LogP contribution in [0.1, 0.15) is 19.7 Å². The van der Waals surface area contributed by atoms with Crippen molar-refractivity contribution in [1.82, 2.24) is 4.98 Å². The molecular weight excluding hydrogens is 330 g/mol. The van der Waals surface area contributed by atoms with Crippen LogP contribution >= 0.6 is 0 Å². The first kappa shape index (κ1) is 16.3. The molecule has 7 heteroatoms. The minimum absolute atomic E-state index is 0.0146. The lowest BCUT2D eigenvalue weighted by Crippen LogP contribution is -2.10. The highest BCUT2D eigenvalue weighted by atomic mass is 32.2. The highest BCUT2D eigenvalue weighted by Crippen LogP contribution is 2.25. The Balaban J connectivity index is 1.83. The van der Waals surface area contributed by atoms with Crippen LogP contribution in [-0.2, 0) is 10.1 Å². The average Bonchev–Trinajstić information content (AvgIpc) is 2.86. The Labute approximate surface area is 140 Å². The zero-order valence-electron chi connectivity index (χ0n) is 13.5. The van der Waals surface area contributed by atoms with E-state index in [1.54, 1.807) is 25.1 Å². The van der Waals surface area contributed by atoms with Gasteiger partial charge < -0.3 is 13.3 Å². The van der Waals surface area contributed by atoms with Gasteiger partial charge in [-0.25, -0.2) is 4.98 Å². The van der Waals surface area contributed by atoms with Gasteiger partial charge in [0.15, 0.2) is 11.5 Å². The third-order valence-corrected chi connectivity index (χ3v) is 4.42. The SMILES string of the molecule is Cc1nc2ccc(OS(=O)(=O)c3ccc(OC(C)C)cc3)cc2o1. The minimum Gasteiger partial charge on any atom is -0.491 e. The quantitative estimate of drug-likeness (QED) is 0.655. The molecule has 0 saturated carbocycles. The molecule has 24 heavy (non-hydrogen) atoms. The van der Waals surface area contributed by atoms with Gasteiger partial charge in [-0.1, -0.05) is 0 Å². The van der Waals surface area contributed by atoms with Crippen LogP contribution in [-0.4, -0.2) is 19.5 Å². The van der Waals surface area contributed by atoms with Crippen LogP contribution in [0.25, 0.3) is 11.1 Å². The van der Waals surface area contributed by atoms with E-state index in [-0.39, 0.29) is 16.7 Å². The van der Waals surface area contributed by atoms with E-state index in [0.29, 0.717) is 22.7 Å². The maximum atomic E-state index is 12.4. The first-order valence-corrected chi connectivity index (χ1v) is 8.83. The molecule has 0 radical (unpaired) electrons. The van der Waals surface area contributed by atoms with Crippen molar-refractivity contribution in [3.8, 4) is 11.5 Å². The van der Waals surface area contributed by atoms with Gasteiger partial charge in [0, 0.05) is 13.0 Å². The van der Waals surface area contributed by atoms with Gasteiger partial charge >= 0.3 is 10.1 Å². The van der Waals surface area contributed by atoms with Crippen molar-refractivity contribution < 1.29 is 21.8 Å². The monoisotopic (exact) mass is 347 g/mol. The smallest absolute Gasteiger partial charge is 0.339 e. The van der Waals surface area contributed by atoms with Crippen LogP contribution in [0.3, 0.4) is 0 Å². The number of aryl methyl sites for hydroxylation is 1. The van der Waals surface area contributed by atoms with Gasteiger partial charge in [0.25, 0.3) is 0 Å². The lowest BCUT2D eigenvalue weighted by molar-refractivity contribution is 0.242. The van der Waals surface area contributed by atoms with Gasteiger partial charge in [0.05, 0.1) is 6.10 Å². The summed E-state index contributed by atoms with van der Waals surface area (Å²) in [4.78, 5) is 4.21. The maximum absolute atomic E-state index is 12.4. The van der Waals surface area contributed by atoms with Crippen molar-refractivity contribution in [1.29, 1.82) is 0 Å². The number of hydrogen-bond donors (Lipinski definition) is 0. The molecule has 3 rings (SSSR count). The number of rotatable bonds is 5. The van der Waals surface area contributed by atoms with Crippen molar-refractivity contribution in [2.45, 2.75) is 31.8 Å². The molecule has 0 fully saturated rings. The van der Waals surface area contributed by atoms with Crippen LogP contribution in [0.4, 0.5) is 0 Å². The summed E-state index contributed by atoms with van der Waals surface area (Å²) in [5.74, 6) is 1.27. The Morgan fingerprint density at radius 3 is 2.38 bits per heavy atom. The molecule has 0 unspecified atom stereocenters. The standard InChI is InChI=1S/C17H17NO5S/c1-11(2)21-13-4-7-15(8-5-13)24(19,20)23-14-6-9-16-17(10-14)22-12(3)18-16/h4-11H,1-3H3. The highest BCUT2D eigenvalue weighted by molar-refractivity contribution is 7.87. The van der Waals surface area contributed by atoms with Gasteiger partial charge in [-0.05, 0) is 50.2 Å². The second-order valence-electron chi connectivity index (χ2n) is 5.54. The lowest BCUT2D eigenvalue weighted by Gasteiger charge is -2.10. The number of benzene rings is 2. The predicted octanol–water partition coefficient (Wildman–Crippen LogP) is 3.69. The molecule has 0 N–H and O–H groups in total. The molecule has 1 aromatic heterocycles. The summed E-state index contributed by atoms with van der Waals surface area (Å²) in [6.45, 7) is 5.52. The Bertz CT molecular complexity index is 958. The third kappa shape index (κ3) is 3.51. The summed E-state index contributed by atoms with van der Waals surface area (Å²) in [6, 6.07) is 10.8. The Hall–Kier alpha value is -2.54. The van der Waals surface area contributed by atoms with E-state index in [1.165, 1.54) is 24.3 Å². The largest absolute Gasteiger partial charge is 0.491 e. The molecule has 0 amide bonds. The van der Waals surface area contributed by atoms with Crippen molar-refractivity contribution >= 4 is 21.2 Å². The first-order chi connectivity index (χ1) is 11.3. The van der Waals surface area contributed by atoms with E-state index in [1.807, 2.05) is 13.8 Å². The van der Waals surface area contributed by atoms with Crippen molar-refractivity contribution in [3.05, 3.63) is 48.4 Å². The molecule has 0 aliphatic rings. The van der Waals surface area contributed by atoms with E-state index in [9.17, 15) is 8.42 Å². The number of hydrogen-bond acceptors (Lipinski definition) is 6. The summed E-state index contributed by atoms with van der Waals surface area (Å²) in [6.07, 6.45) is 0.0146. The second-order valence-corrected chi connectivity index (χ2v) is 7.08. The number of ether oxygens (including phenoxy) is 1.